The number of nitrogens with zero attached hydrogens (tertiary/aromatic N) is 1. The molecule has 0 saturated carbocycles. The Hall–Kier alpha value is -3.02. The molecule has 2 amide bonds. The van der Waals surface area contributed by atoms with E-state index >= 15 is 0 Å². The van der Waals surface area contributed by atoms with Crippen molar-refractivity contribution < 1.29 is 9.59 Å². The van der Waals surface area contributed by atoms with E-state index in [9.17, 15) is 9.59 Å². The standard InChI is InChI=1S/C22H28N4O2/c1-16(23-19-7-6-8-20(15-19)24-17(2)27)22(28)25-18-9-11-21(12-10-18)26-13-4-3-5-14-26/h6-12,15-16,23H,3-5,13-14H2,1-2H3,(H,24,27)(H,25,28)/t16-/m1/s1. The molecule has 3 N–H and O–H groups in total. The molecule has 2 aromatic rings. The number of anilines is 4. The summed E-state index contributed by atoms with van der Waals surface area (Å²) in [4.78, 5) is 26.1. The zero-order chi connectivity index (χ0) is 19.9. The van der Waals surface area contributed by atoms with Gasteiger partial charge in [0.2, 0.25) is 11.8 Å². The second-order valence-corrected chi connectivity index (χ2v) is 7.21. The Morgan fingerprint density at radius 2 is 1.57 bits per heavy atom. The summed E-state index contributed by atoms with van der Waals surface area (Å²) in [5.41, 5.74) is 3.46. The Morgan fingerprint density at radius 1 is 0.893 bits per heavy atom. The summed E-state index contributed by atoms with van der Waals surface area (Å²) >= 11 is 0. The van der Waals surface area contributed by atoms with Crippen molar-refractivity contribution in [3.8, 4) is 0 Å². The third-order valence-electron chi connectivity index (χ3n) is 4.82. The van der Waals surface area contributed by atoms with E-state index in [1.54, 1.807) is 12.1 Å². The van der Waals surface area contributed by atoms with Crippen molar-refractivity contribution in [3.63, 3.8) is 0 Å². The van der Waals surface area contributed by atoms with E-state index in [1.807, 2.05) is 31.2 Å². The molecular weight excluding hydrogens is 352 g/mol. The minimum Gasteiger partial charge on any atom is -0.374 e. The first kappa shape index (κ1) is 19.7. The lowest BCUT2D eigenvalue weighted by molar-refractivity contribution is -0.116. The number of rotatable bonds is 6. The summed E-state index contributed by atoms with van der Waals surface area (Å²) in [6, 6.07) is 14.9. The van der Waals surface area contributed by atoms with Crippen molar-refractivity contribution in [2.75, 3.05) is 33.9 Å². The first-order valence-electron chi connectivity index (χ1n) is 9.81. The van der Waals surface area contributed by atoms with Crippen LogP contribution >= 0.6 is 0 Å². The number of benzene rings is 2. The Balaban J connectivity index is 1.56. The average Bonchev–Trinajstić information content (AvgIpc) is 2.69. The lowest BCUT2D eigenvalue weighted by Crippen LogP contribution is -2.32. The number of carbonyl (C=O) groups is 2. The van der Waals surface area contributed by atoms with Crippen molar-refractivity contribution in [3.05, 3.63) is 48.5 Å². The highest BCUT2D eigenvalue weighted by Crippen LogP contribution is 2.22. The second kappa shape index (κ2) is 9.26. The van der Waals surface area contributed by atoms with Crippen LogP contribution in [0, 0.1) is 0 Å². The summed E-state index contributed by atoms with van der Waals surface area (Å²) in [6.07, 6.45) is 3.79. The SMILES string of the molecule is CC(=O)Nc1cccc(N[C@H](C)C(=O)Nc2ccc(N3CCCCC3)cc2)c1. The van der Waals surface area contributed by atoms with E-state index in [1.165, 1.54) is 31.9 Å². The molecule has 0 spiro atoms. The molecule has 1 fully saturated rings. The minimum atomic E-state index is -0.422. The maximum absolute atomic E-state index is 12.5. The maximum Gasteiger partial charge on any atom is 0.246 e. The number of amides is 2. The van der Waals surface area contributed by atoms with Crippen LogP contribution in [0.5, 0.6) is 0 Å². The van der Waals surface area contributed by atoms with Gasteiger partial charge in [-0.1, -0.05) is 6.07 Å². The fraction of sp³-hybridized carbons (Fsp3) is 0.364. The van der Waals surface area contributed by atoms with Crippen LogP contribution in [-0.2, 0) is 9.59 Å². The first-order valence-corrected chi connectivity index (χ1v) is 9.81. The molecule has 1 aliphatic heterocycles. The third kappa shape index (κ3) is 5.49. The van der Waals surface area contributed by atoms with Crippen molar-refractivity contribution in [1.82, 2.24) is 0 Å². The van der Waals surface area contributed by atoms with E-state index in [4.69, 9.17) is 0 Å². The molecule has 1 aliphatic rings. The number of nitrogens with one attached hydrogen (secondary N) is 3. The first-order chi connectivity index (χ1) is 13.5. The van der Waals surface area contributed by atoms with Crippen LogP contribution < -0.4 is 20.9 Å². The van der Waals surface area contributed by atoms with Gasteiger partial charge in [-0.2, -0.15) is 0 Å². The second-order valence-electron chi connectivity index (χ2n) is 7.21. The molecule has 148 valence electrons. The van der Waals surface area contributed by atoms with Crippen molar-refractivity contribution in [1.29, 1.82) is 0 Å². The zero-order valence-electron chi connectivity index (χ0n) is 16.5. The van der Waals surface area contributed by atoms with E-state index in [-0.39, 0.29) is 11.8 Å². The van der Waals surface area contributed by atoms with E-state index in [0.717, 1.165) is 24.5 Å². The molecule has 0 unspecified atom stereocenters. The van der Waals surface area contributed by atoms with Crippen LogP contribution in [0.4, 0.5) is 22.7 Å². The van der Waals surface area contributed by atoms with Gasteiger partial charge in [0, 0.05) is 42.8 Å². The topological polar surface area (TPSA) is 73.5 Å². The van der Waals surface area contributed by atoms with Crippen molar-refractivity contribution in [2.45, 2.75) is 39.2 Å². The summed E-state index contributed by atoms with van der Waals surface area (Å²) in [6.45, 7) is 5.48. The lowest BCUT2D eigenvalue weighted by atomic mass is 10.1. The normalized spacial score (nSPS) is 14.9. The molecule has 1 atom stereocenters. The number of hydrogen-bond acceptors (Lipinski definition) is 4. The minimum absolute atomic E-state index is 0.115. The largest absolute Gasteiger partial charge is 0.374 e. The predicted octanol–water partition coefficient (Wildman–Crippen LogP) is 4.07. The highest BCUT2D eigenvalue weighted by atomic mass is 16.2. The van der Waals surface area contributed by atoms with Crippen LogP contribution in [-0.4, -0.2) is 30.9 Å². The van der Waals surface area contributed by atoms with Crippen molar-refractivity contribution in [2.24, 2.45) is 0 Å². The van der Waals surface area contributed by atoms with E-state index in [0.29, 0.717) is 5.69 Å². The molecule has 1 heterocycles. The number of piperidine rings is 1. The Morgan fingerprint density at radius 3 is 2.25 bits per heavy atom. The molecule has 28 heavy (non-hydrogen) atoms. The molecule has 0 aromatic heterocycles. The van der Waals surface area contributed by atoms with Gasteiger partial charge < -0.3 is 20.9 Å². The fourth-order valence-corrected chi connectivity index (χ4v) is 3.36. The quantitative estimate of drug-likeness (QED) is 0.706. The van der Waals surface area contributed by atoms with Gasteiger partial charge in [-0.05, 0) is 68.7 Å². The fourth-order valence-electron chi connectivity index (χ4n) is 3.36. The molecule has 0 bridgehead atoms. The highest BCUT2D eigenvalue weighted by Gasteiger charge is 2.14. The van der Waals surface area contributed by atoms with Crippen LogP contribution in [0.3, 0.4) is 0 Å². The van der Waals surface area contributed by atoms with Crippen LogP contribution in [0.15, 0.2) is 48.5 Å². The smallest absolute Gasteiger partial charge is 0.246 e. The molecule has 3 rings (SSSR count). The number of hydrogen-bond donors (Lipinski definition) is 3. The van der Waals surface area contributed by atoms with Crippen molar-refractivity contribution >= 4 is 34.6 Å². The number of carbonyl (C=O) groups excluding carboxylic acids is 2. The van der Waals surface area contributed by atoms with Gasteiger partial charge in [-0.15, -0.1) is 0 Å². The lowest BCUT2D eigenvalue weighted by Gasteiger charge is -2.28. The Labute approximate surface area is 166 Å². The molecule has 0 aliphatic carbocycles. The average molecular weight is 380 g/mol. The molecule has 2 aromatic carbocycles. The van der Waals surface area contributed by atoms with Crippen LogP contribution in [0.2, 0.25) is 0 Å². The molecule has 0 radical (unpaired) electrons. The van der Waals surface area contributed by atoms with E-state index in [2.05, 4.69) is 33.0 Å². The van der Waals surface area contributed by atoms with Gasteiger partial charge in [0.1, 0.15) is 6.04 Å². The molecule has 6 nitrogen and oxygen atoms in total. The summed E-state index contributed by atoms with van der Waals surface area (Å²) in [5.74, 6) is -0.244. The highest BCUT2D eigenvalue weighted by molar-refractivity contribution is 5.96. The zero-order valence-corrected chi connectivity index (χ0v) is 16.5. The summed E-state index contributed by atoms with van der Waals surface area (Å²) < 4.78 is 0. The monoisotopic (exact) mass is 380 g/mol. The van der Waals surface area contributed by atoms with Gasteiger partial charge in [-0.25, -0.2) is 0 Å². The third-order valence-corrected chi connectivity index (χ3v) is 4.82. The van der Waals surface area contributed by atoms with Crippen LogP contribution in [0.1, 0.15) is 33.1 Å². The Kier molecular flexibility index (Phi) is 6.53. The van der Waals surface area contributed by atoms with Gasteiger partial charge >= 0.3 is 0 Å². The molecule has 6 heteroatoms. The van der Waals surface area contributed by atoms with E-state index < -0.39 is 6.04 Å². The molecule has 1 saturated heterocycles. The molecular formula is C22H28N4O2. The predicted molar refractivity (Wildman–Crippen MR) is 115 cm³/mol. The van der Waals surface area contributed by atoms with Gasteiger partial charge in [0.25, 0.3) is 0 Å². The Bertz CT molecular complexity index is 814. The maximum atomic E-state index is 12.5. The van der Waals surface area contributed by atoms with Gasteiger partial charge in [-0.3, -0.25) is 9.59 Å². The van der Waals surface area contributed by atoms with Gasteiger partial charge in [0.15, 0.2) is 0 Å². The summed E-state index contributed by atoms with van der Waals surface area (Å²) in [7, 11) is 0. The summed E-state index contributed by atoms with van der Waals surface area (Å²) in [5, 5.41) is 8.85. The van der Waals surface area contributed by atoms with Gasteiger partial charge in [0.05, 0.1) is 0 Å². The van der Waals surface area contributed by atoms with Crippen LogP contribution in [0.25, 0.3) is 0 Å².